The van der Waals surface area contributed by atoms with Crippen molar-refractivity contribution in [3.63, 3.8) is 0 Å². The maximum Gasteiger partial charge on any atom is 0.287 e. The molecule has 4 nitrogen and oxygen atoms in total. The molecule has 2 rings (SSSR count). The first-order valence-electron chi connectivity index (χ1n) is 5.94. The van der Waals surface area contributed by atoms with Crippen LogP contribution in [0.4, 0.5) is 0 Å². The predicted molar refractivity (Wildman–Crippen MR) is 77.2 cm³/mol. The summed E-state index contributed by atoms with van der Waals surface area (Å²) in [7, 11) is 0. The predicted octanol–water partition coefficient (Wildman–Crippen LogP) is 3.36. The lowest BCUT2D eigenvalue weighted by Crippen LogP contribution is -2.28. The van der Waals surface area contributed by atoms with Gasteiger partial charge in [-0.25, -0.2) is 0 Å². The van der Waals surface area contributed by atoms with Gasteiger partial charge >= 0.3 is 0 Å². The molecule has 20 heavy (non-hydrogen) atoms. The molecule has 2 N–H and O–H groups in total. The summed E-state index contributed by atoms with van der Waals surface area (Å²) in [6, 6.07) is 6.49. The van der Waals surface area contributed by atoms with Crippen LogP contribution in [0, 0.1) is 6.92 Å². The quantitative estimate of drug-likeness (QED) is 0.909. The van der Waals surface area contributed by atoms with Gasteiger partial charge in [0.2, 0.25) is 0 Å². The van der Waals surface area contributed by atoms with Gasteiger partial charge in [0.25, 0.3) is 5.91 Å². The summed E-state index contributed by atoms with van der Waals surface area (Å²) in [5.74, 6) is -0.143. The molecule has 1 unspecified atom stereocenters. The van der Waals surface area contributed by atoms with Crippen LogP contribution in [-0.2, 0) is 0 Å². The largest absolute Gasteiger partial charge is 0.459 e. The molecule has 1 amide bonds. The van der Waals surface area contributed by atoms with Crippen LogP contribution in [-0.4, -0.2) is 17.6 Å². The zero-order valence-corrected chi connectivity index (χ0v) is 12.2. The number of aliphatic hydroxyl groups is 1. The van der Waals surface area contributed by atoms with Crippen molar-refractivity contribution in [2.75, 3.05) is 6.54 Å². The number of hydrogen-bond acceptors (Lipinski definition) is 3. The molecular weight excluding hydrogens is 301 g/mol. The minimum atomic E-state index is -0.918. The van der Waals surface area contributed by atoms with E-state index in [0.717, 1.165) is 5.56 Å². The number of nitrogens with one attached hydrogen (secondary N) is 1. The highest BCUT2D eigenvalue weighted by atomic mass is 35.5. The third-order valence-corrected chi connectivity index (χ3v) is 3.41. The lowest BCUT2D eigenvalue weighted by atomic mass is 10.1. The Balaban J connectivity index is 2.00. The van der Waals surface area contributed by atoms with Crippen molar-refractivity contribution in [2.45, 2.75) is 13.0 Å². The fourth-order valence-corrected chi connectivity index (χ4v) is 2.29. The number of rotatable bonds is 4. The average molecular weight is 314 g/mol. The highest BCUT2D eigenvalue weighted by Crippen LogP contribution is 2.26. The second kappa shape index (κ2) is 6.31. The van der Waals surface area contributed by atoms with Gasteiger partial charge in [-0.15, -0.1) is 0 Å². The zero-order valence-electron chi connectivity index (χ0n) is 10.7. The van der Waals surface area contributed by atoms with E-state index in [-0.39, 0.29) is 18.2 Å². The monoisotopic (exact) mass is 313 g/mol. The Morgan fingerprint density at radius 2 is 2.15 bits per heavy atom. The van der Waals surface area contributed by atoms with E-state index in [4.69, 9.17) is 27.6 Å². The van der Waals surface area contributed by atoms with Crippen LogP contribution in [0.5, 0.6) is 0 Å². The van der Waals surface area contributed by atoms with Gasteiger partial charge in [0.15, 0.2) is 5.76 Å². The van der Waals surface area contributed by atoms with Gasteiger partial charge in [-0.3, -0.25) is 4.79 Å². The lowest BCUT2D eigenvalue weighted by Gasteiger charge is -2.13. The van der Waals surface area contributed by atoms with E-state index in [1.54, 1.807) is 31.2 Å². The Morgan fingerprint density at radius 3 is 2.75 bits per heavy atom. The molecule has 0 fully saturated rings. The molecule has 0 saturated carbocycles. The highest BCUT2D eigenvalue weighted by molar-refractivity contribution is 6.35. The summed E-state index contributed by atoms with van der Waals surface area (Å²) >= 11 is 11.8. The van der Waals surface area contributed by atoms with Crippen LogP contribution in [0.2, 0.25) is 10.0 Å². The van der Waals surface area contributed by atoms with E-state index in [0.29, 0.717) is 15.6 Å². The molecule has 1 atom stereocenters. The third-order valence-electron chi connectivity index (χ3n) is 2.85. The normalized spacial score (nSPS) is 12.2. The summed E-state index contributed by atoms with van der Waals surface area (Å²) in [5, 5.41) is 13.5. The molecule has 0 bridgehead atoms. The Bertz CT molecular complexity index is 625. The molecule has 2 aromatic rings. The SMILES string of the molecule is Cc1ccoc1C(=O)NCC(O)c1ccc(Cl)cc1Cl. The lowest BCUT2D eigenvalue weighted by molar-refractivity contribution is 0.0888. The van der Waals surface area contributed by atoms with Crippen LogP contribution in [0.3, 0.4) is 0 Å². The van der Waals surface area contributed by atoms with Crippen molar-refractivity contribution in [1.82, 2.24) is 5.32 Å². The topological polar surface area (TPSA) is 62.5 Å². The van der Waals surface area contributed by atoms with Crippen molar-refractivity contribution in [3.05, 3.63) is 57.5 Å². The van der Waals surface area contributed by atoms with E-state index in [2.05, 4.69) is 5.32 Å². The number of hydrogen-bond donors (Lipinski definition) is 2. The van der Waals surface area contributed by atoms with Gasteiger partial charge in [-0.05, 0) is 25.1 Å². The zero-order chi connectivity index (χ0) is 14.7. The molecule has 6 heteroatoms. The molecule has 0 radical (unpaired) electrons. The molecule has 106 valence electrons. The summed E-state index contributed by atoms with van der Waals surface area (Å²) < 4.78 is 5.07. The first kappa shape index (κ1) is 14.9. The number of furan rings is 1. The first-order chi connectivity index (χ1) is 9.49. The fraction of sp³-hybridized carbons (Fsp3) is 0.214. The summed E-state index contributed by atoms with van der Waals surface area (Å²) in [6.45, 7) is 1.80. The Morgan fingerprint density at radius 1 is 1.40 bits per heavy atom. The van der Waals surface area contributed by atoms with Crippen LogP contribution in [0.25, 0.3) is 0 Å². The number of benzene rings is 1. The van der Waals surface area contributed by atoms with Gasteiger partial charge in [-0.1, -0.05) is 29.3 Å². The molecule has 0 aliphatic heterocycles. The number of halogens is 2. The van der Waals surface area contributed by atoms with E-state index < -0.39 is 6.10 Å². The van der Waals surface area contributed by atoms with Crippen molar-refractivity contribution in [1.29, 1.82) is 0 Å². The third kappa shape index (κ3) is 3.33. The number of aryl methyl sites for hydroxylation is 1. The van der Waals surface area contributed by atoms with Crippen LogP contribution in [0.1, 0.15) is 27.8 Å². The smallest absolute Gasteiger partial charge is 0.287 e. The molecule has 0 spiro atoms. The van der Waals surface area contributed by atoms with E-state index in [9.17, 15) is 9.90 Å². The fourth-order valence-electron chi connectivity index (χ4n) is 1.76. The number of carbonyl (C=O) groups excluding carboxylic acids is 1. The van der Waals surface area contributed by atoms with Gasteiger partial charge in [0.05, 0.1) is 12.4 Å². The van der Waals surface area contributed by atoms with Gasteiger partial charge in [0.1, 0.15) is 0 Å². The second-order valence-electron chi connectivity index (χ2n) is 4.32. The molecule has 0 saturated heterocycles. The maximum atomic E-state index is 11.8. The minimum absolute atomic E-state index is 0.0281. The maximum absolute atomic E-state index is 11.8. The standard InChI is InChI=1S/C14H13Cl2NO3/c1-8-4-5-20-13(8)14(19)17-7-12(18)10-3-2-9(15)6-11(10)16/h2-6,12,18H,7H2,1H3,(H,17,19). The van der Waals surface area contributed by atoms with Gasteiger partial charge in [0, 0.05) is 27.7 Å². The molecular formula is C14H13Cl2NO3. The molecule has 0 aliphatic rings. The highest BCUT2D eigenvalue weighted by Gasteiger charge is 2.16. The van der Waals surface area contributed by atoms with Gasteiger partial charge in [-0.2, -0.15) is 0 Å². The number of amides is 1. The molecule has 1 heterocycles. The average Bonchev–Trinajstić information content (AvgIpc) is 2.82. The Hall–Kier alpha value is -1.49. The van der Waals surface area contributed by atoms with Crippen LogP contribution < -0.4 is 5.32 Å². The second-order valence-corrected chi connectivity index (χ2v) is 5.17. The minimum Gasteiger partial charge on any atom is -0.459 e. The molecule has 0 aliphatic carbocycles. The summed E-state index contributed by atoms with van der Waals surface area (Å²) in [5.41, 5.74) is 1.24. The van der Waals surface area contributed by atoms with E-state index >= 15 is 0 Å². The van der Waals surface area contributed by atoms with Gasteiger partial charge < -0.3 is 14.8 Å². The van der Waals surface area contributed by atoms with E-state index in [1.807, 2.05) is 0 Å². The Labute approximate surface area is 126 Å². The van der Waals surface area contributed by atoms with Crippen LogP contribution in [0.15, 0.2) is 34.9 Å². The number of carbonyl (C=O) groups is 1. The van der Waals surface area contributed by atoms with Crippen molar-refractivity contribution < 1.29 is 14.3 Å². The van der Waals surface area contributed by atoms with Crippen molar-refractivity contribution >= 4 is 29.1 Å². The van der Waals surface area contributed by atoms with Crippen LogP contribution >= 0.6 is 23.2 Å². The van der Waals surface area contributed by atoms with Crippen molar-refractivity contribution in [2.24, 2.45) is 0 Å². The molecule has 1 aromatic carbocycles. The summed E-state index contributed by atoms with van der Waals surface area (Å²) in [4.78, 5) is 11.8. The first-order valence-corrected chi connectivity index (χ1v) is 6.70. The number of aliphatic hydroxyl groups excluding tert-OH is 1. The van der Waals surface area contributed by atoms with E-state index in [1.165, 1.54) is 6.26 Å². The van der Waals surface area contributed by atoms with Crippen molar-refractivity contribution in [3.8, 4) is 0 Å². The molecule has 1 aromatic heterocycles. The Kier molecular flexibility index (Phi) is 4.70. The summed E-state index contributed by atoms with van der Waals surface area (Å²) in [6.07, 6.45) is 0.524.